The molecule has 1 aromatic rings. The molecule has 1 aromatic heterocycles. The minimum absolute atomic E-state index is 0.0304. The number of hydrogen-bond donors (Lipinski definition) is 0. The fraction of sp³-hybridized carbons (Fsp3) is 0.562. The zero-order valence-electron chi connectivity index (χ0n) is 13.4. The maximum Gasteiger partial charge on any atom is 0.252 e. The molecule has 0 atom stereocenters. The standard InChI is InChI=1S/C16H21BrN2O3S2/c17-14-6-7-16(23-14)24(21,22)19-10-8-18(9-11-19)15(20)12-13-4-2-1-3-5-13/h6-7,12H,1-5,8-11H2. The Bertz CT molecular complexity index is 726. The van der Waals surface area contributed by atoms with Crippen molar-refractivity contribution in [2.75, 3.05) is 26.2 Å². The predicted octanol–water partition coefficient (Wildman–Crippen LogP) is 3.23. The monoisotopic (exact) mass is 432 g/mol. The maximum atomic E-state index is 12.6. The van der Waals surface area contributed by atoms with Gasteiger partial charge in [-0.1, -0.05) is 12.0 Å². The summed E-state index contributed by atoms with van der Waals surface area (Å²) in [6, 6.07) is 3.36. The highest BCUT2D eigenvalue weighted by molar-refractivity contribution is 9.11. The van der Waals surface area contributed by atoms with Crippen molar-refractivity contribution >= 4 is 43.2 Å². The van der Waals surface area contributed by atoms with E-state index in [1.807, 2.05) is 0 Å². The van der Waals surface area contributed by atoms with E-state index in [2.05, 4.69) is 15.9 Å². The van der Waals surface area contributed by atoms with Crippen molar-refractivity contribution in [3.63, 3.8) is 0 Å². The van der Waals surface area contributed by atoms with Gasteiger partial charge in [0.1, 0.15) is 4.21 Å². The average molecular weight is 433 g/mol. The number of nitrogens with zero attached hydrogens (tertiary/aromatic N) is 2. The molecule has 1 aliphatic heterocycles. The van der Waals surface area contributed by atoms with Gasteiger partial charge in [0.25, 0.3) is 10.0 Å². The van der Waals surface area contributed by atoms with Gasteiger partial charge in [0, 0.05) is 32.3 Å². The smallest absolute Gasteiger partial charge is 0.252 e. The third-order valence-electron chi connectivity index (χ3n) is 4.52. The second-order valence-electron chi connectivity index (χ2n) is 6.15. The van der Waals surface area contributed by atoms with Gasteiger partial charge in [-0.15, -0.1) is 11.3 Å². The van der Waals surface area contributed by atoms with E-state index in [4.69, 9.17) is 0 Å². The van der Waals surface area contributed by atoms with Gasteiger partial charge in [0.05, 0.1) is 3.79 Å². The van der Waals surface area contributed by atoms with E-state index in [9.17, 15) is 13.2 Å². The Morgan fingerprint density at radius 2 is 1.75 bits per heavy atom. The van der Waals surface area contributed by atoms with Gasteiger partial charge in [-0.25, -0.2) is 8.42 Å². The molecular weight excluding hydrogens is 412 g/mol. The third kappa shape index (κ3) is 4.09. The second-order valence-corrected chi connectivity index (χ2v) is 10.8. The van der Waals surface area contributed by atoms with Gasteiger partial charge < -0.3 is 4.90 Å². The maximum absolute atomic E-state index is 12.6. The number of amides is 1. The summed E-state index contributed by atoms with van der Waals surface area (Å²) >= 11 is 4.52. The lowest BCUT2D eigenvalue weighted by molar-refractivity contribution is -0.127. The molecule has 5 nitrogen and oxygen atoms in total. The Labute approximate surface area is 155 Å². The first-order chi connectivity index (χ1) is 11.5. The quantitative estimate of drug-likeness (QED) is 0.688. The fourth-order valence-electron chi connectivity index (χ4n) is 3.13. The van der Waals surface area contributed by atoms with Crippen LogP contribution in [-0.2, 0) is 14.8 Å². The number of rotatable bonds is 3. The second kappa shape index (κ2) is 7.68. The van der Waals surface area contributed by atoms with E-state index in [-0.39, 0.29) is 5.91 Å². The fourth-order valence-corrected chi connectivity index (χ4v) is 6.72. The SMILES string of the molecule is O=C(C=C1CCCCC1)N1CCN(S(=O)(=O)c2ccc(Br)s2)CC1. The molecule has 0 bridgehead atoms. The van der Waals surface area contributed by atoms with Crippen LogP contribution >= 0.6 is 27.3 Å². The molecule has 1 aliphatic carbocycles. The number of sulfonamides is 1. The van der Waals surface area contributed by atoms with E-state index in [0.29, 0.717) is 30.4 Å². The predicted molar refractivity (Wildman–Crippen MR) is 98.5 cm³/mol. The lowest BCUT2D eigenvalue weighted by Crippen LogP contribution is -2.50. The van der Waals surface area contributed by atoms with Gasteiger partial charge >= 0.3 is 0 Å². The normalized spacial score (nSPS) is 20.2. The van der Waals surface area contributed by atoms with Crippen molar-refractivity contribution < 1.29 is 13.2 Å². The van der Waals surface area contributed by atoms with Crippen molar-refractivity contribution in [3.8, 4) is 0 Å². The first-order valence-corrected chi connectivity index (χ1v) is 11.3. The molecule has 3 rings (SSSR count). The minimum Gasteiger partial charge on any atom is -0.337 e. The molecule has 132 valence electrons. The number of thiophene rings is 1. The Kier molecular flexibility index (Phi) is 5.79. The molecule has 0 unspecified atom stereocenters. The van der Waals surface area contributed by atoms with Crippen LogP contribution in [-0.4, -0.2) is 49.7 Å². The molecule has 1 amide bonds. The molecule has 0 spiro atoms. The molecule has 0 aromatic carbocycles. The molecule has 1 saturated heterocycles. The van der Waals surface area contributed by atoms with Gasteiger partial charge in [-0.3, -0.25) is 4.79 Å². The summed E-state index contributed by atoms with van der Waals surface area (Å²) in [5, 5.41) is 0. The topological polar surface area (TPSA) is 57.7 Å². The van der Waals surface area contributed by atoms with Crippen molar-refractivity contribution in [2.45, 2.75) is 36.3 Å². The largest absolute Gasteiger partial charge is 0.337 e. The summed E-state index contributed by atoms with van der Waals surface area (Å²) in [4.78, 5) is 14.1. The molecule has 2 aliphatic rings. The Morgan fingerprint density at radius 1 is 1.08 bits per heavy atom. The van der Waals surface area contributed by atoms with Crippen molar-refractivity contribution in [3.05, 3.63) is 27.6 Å². The summed E-state index contributed by atoms with van der Waals surface area (Å²) in [5.41, 5.74) is 1.24. The number of hydrogen-bond acceptors (Lipinski definition) is 4. The van der Waals surface area contributed by atoms with E-state index in [1.165, 1.54) is 40.5 Å². The third-order valence-corrected chi connectivity index (χ3v) is 8.51. The number of piperazine rings is 1. The number of allylic oxidation sites excluding steroid dienone is 1. The van der Waals surface area contributed by atoms with Crippen LogP contribution in [0.3, 0.4) is 0 Å². The lowest BCUT2D eigenvalue weighted by Gasteiger charge is -2.33. The Balaban J connectivity index is 1.60. The van der Waals surface area contributed by atoms with Crippen LogP contribution in [0.4, 0.5) is 0 Å². The molecule has 1 saturated carbocycles. The molecule has 0 N–H and O–H groups in total. The van der Waals surface area contributed by atoms with E-state index in [1.54, 1.807) is 23.1 Å². The summed E-state index contributed by atoms with van der Waals surface area (Å²) in [6.07, 6.45) is 7.41. The van der Waals surface area contributed by atoms with Crippen LogP contribution < -0.4 is 0 Å². The zero-order chi connectivity index (χ0) is 17.2. The highest BCUT2D eigenvalue weighted by Gasteiger charge is 2.30. The molecule has 8 heteroatoms. The molecule has 24 heavy (non-hydrogen) atoms. The van der Waals surface area contributed by atoms with E-state index in [0.717, 1.165) is 16.6 Å². The molecule has 2 heterocycles. The molecular formula is C16H21BrN2O3S2. The zero-order valence-corrected chi connectivity index (χ0v) is 16.6. The van der Waals surface area contributed by atoms with Crippen molar-refractivity contribution in [2.24, 2.45) is 0 Å². The first kappa shape index (κ1) is 18.1. The van der Waals surface area contributed by atoms with Crippen LogP contribution in [0, 0.1) is 0 Å². The summed E-state index contributed by atoms with van der Waals surface area (Å²) < 4.78 is 27.8. The van der Waals surface area contributed by atoms with Gasteiger partial charge in [-0.2, -0.15) is 4.31 Å². The van der Waals surface area contributed by atoms with Crippen LogP contribution in [0.15, 0.2) is 31.8 Å². The average Bonchev–Trinajstić information content (AvgIpc) is 3.03. The number of carbonyl (C=O) groups is 1. The lowest BCUT2D eigenvalue weighted by atomic mass is 9.94. The highest BCUT2D eigenvalue weighted by atomic mass is 79.9. The first-order valence-electron chi connectivity index (χ1n) is 8.21. The number of halogens is 1. The summed E-state index contributed by atoms with van der Waals surface area (Å²) in [7, 11) is -3.45. The Hall–Kier alpha value is -0.700. The van der Waals surface area contributed by atoms with E-state index < -0.39 is 10.0 Å². The van der Waals surface area contributed by atoms with Gasteiger partial charge in [0.2, 0.25) is 5.91 Å². The Morgan fingerprint density at radius 3 is 2.33 bits per heavy atom. The van der Waals surface area contributed by atoms with Crippen molar-refractivity contribution in [1.29, 1.82) is 0 Å². The van der Waals surface area contributed by atoms with Gasteiger partial charge in [0.15, 0.2) is 0 Å². The minimum atomic E-state index is -3.45. The summed E-state index contributed by atoms with van der Waals surface area (Å²) in [5.74, 6) is 0.0304. The highest BCUT2D eigenvalue weighted by Crippen LogP contribution is 2.29. The summed E-state index contributed by atoms with van der Waals surface area (Å²) in [6.45, 7) is 1.61. The van der Waals surface area contributed by atoms with Gasteiger partial charge in [-0.05, 0) is 53.7 Å². The van der Waals surface area contributed by atoms with E-state index >= 15 is 0 Å². The van der Waals surface area contributed by atoms with Crippen LogP contribution in [0.5, 0.6) is 0 Å². The molecule has 2 fully saturated rings. The number of carbonyl (C=O) groups excluding carboxylic acids is 1. The van der Waals surface area contributed by atoms with Crippen LogP contribution in [0.25, 0.3) is 0 Å². The van der Waals surface area contributed by atoms with Crippen molar-refractivity contribution in [1.82, 2.24) is 9.21 Å². The van der Waals surface area contributed by atoms with Crippen LogP contribution in [0.2, 0.25) is 0 Å². The van der Waals surface area contributed by atoms with Crippen LogP contribution in [0.1, 0.15) is 32.1 Å². The molecule has 0 radical (unpaired) electrons.